The zero-order chi connectivity index (χ0) is 15.5. The summed E-state index contributed by atoms with van der Waals surface area (Å²) in [5.41, 5.74) is 1.38. The Morgan fingerprint density at radius 2 is 1.81 bits per heavy atom. The third kappa shape index (κ3) is 7.49. The van der Waals surface area contributed by atoms with E-state index in [1.54, 1.807) is 0 Å². The van der Waals surface area contributed by atoms with Gasteiger partial charge in [0.15, 0.2) is 0 Å². The van der Waals surface area contributed by atoms with E-state index in [1.807, 2.05) is 6.92 Å². The smallest absolute Gasteiger partial charge is 0.119 e. The molecule has 0 bridgehead atoms. The van der Waals surface area contributed by atoms with E-state index in [9.17, 15) is 0 Å². The minimum absolute atomic E-state index is 0.173. The van der Waals surface area contributed by atoms with Gasteiger partial charge in [-0.05, 0) is 56.8 Å². The molecule has 0 radical (unpaired) electrons. The van der Waals surface area contributed by atoms with Crippen molar-refractivity contribution in [1.29, 1.82) is 0 Å². The van der Waals surface area contributed by atoms with Crippen molar-refractivity contribution in [2.45, 2.75) is 52.6 Å². The van der Waals surface area contributed by atoms with Gasteiger partial charge in [-0.25, -0.2) is 0 Å². The van der Waals surface area contributed by atoms with Gasteiger partial charge in [0.05, 0.1) is 0 Å². The van der Waals surface area contributed by atoms with Crippen LogP contribution in [0.1, 0.15) is 52.0 Å². The standard InChI is InChI=1S/C18H31NO2/c1-5-15(3)17-8-10-18(11-9-17)21-16(4)14-19-12-7-13-20-6-2/h8-11,15-16,19H,5-7,12-14H2,1-4H3. The van der Waals surface area contributed by atoms with Crippen LogP contribution in [0.25, 0.3) is 0 Å². The molecule has 3 nitrogen and oxygen atoms in total. The van der Waals surface area contributed by atoms with Gasteiger partial charge in [0.25, 0.3) is 0 Å². The third-order valence-electron chi connectivity index (χ3n) is 3.68. The van der Waals surface area contributed by atoms with Crippen molar-refractivity contribution < 1.29 is 9.47 Å². The lowest BCUT2D eigenvalue weighted by molar-refractivity contribution is 0.143. The van der Waals surface area contributed by atoms with Crippen LogP contribution in [0.2, 0.25) is 0 Å². The Balaban J connectivity index is 2.23. The second-order valence-corrected chi connectivity index (χ2v) is 5.56. The summed E-state index contributed by atoms with van der Waals surface area (Å²) in [5.74, 6) is 1.56. The number of hydrogen-bond donors (Lipinski definition) is 1. The molecule has 1 aromatic rings. The summed E-state index contributed by atoms with van der Waals surface area (Å²) in [6.45, 7) is 12.1. The molecule has 0 aliphatic rings. The van der Waals surface area contributed by atoms with Gasteiger partial charge in [-0.15, -0.1) is 0 Å². The van der Waals surface area contributed by atoms with Crippen LogP contribution in [0, 0.1) is 0 Å². The lowest BCUT2D eigenvalue weighted by Gasteiger charge is -2.16. The zero-order valence-corrected chi connectivity index (χ0v) is 14.0. The van der Waals surface area contributed by atoms with Crippen molar-refractivity contribution in [3.63, 3.8) is 0 Å². The average molecular weight is 293 g/mol. The van der Waals surface area contributed by atoms with E-state index >= 15 is 0 Å². The minimum Gasteiger partial charge on any atom is -0.489 e. The van der Waals surface area contributed by atoms with E-state index in [2.05, 4.69) is 50.4 Å². The van der Waals surface area contributed by atoms with Crippen molar-refractivity contribution in [2.75, 3.05) is 26.3 Å². The first-order valence-electron chi connectivity index (χ1n) is 8.22. The normalized spacial score (nSPS) is 13.9. The van der Waals surface area contributed by atoms with Gasteiger partial charge in [0.2, 0.25) is 0 Å². The van der Waals surface area contributed by atoms with Crippen LogP contribution in [0.15, 0.2) is 24.3 Å². The molecular weight excluding hydrogens is 262 g/mol. The second-order valence-electron chi connectivity index (χ2n) is 5.56. The minimum atomic E-state index is 0.173. The van der Waals surface area contributed by atoms with Gasteiger partial charge in [0.1, 0.15) is 11.9 Å². The van der Waals surface area contributed by atoms with Gasteiger partial charge in [-0.1, -0.05) is 26.0 Å². The molecule has 0 saturated carbocycles. The van der Waals surface area contributed by atoms with E-state index in [1.165, 1.54) is 12.0 Å². The number of rotatable bonds is 11. The van der Waals surface area contributed by atoms with E-state index in [0.717, 1.165) is 38.5 Å². The molecule has 0 saturated heterocycles. The lowest BCUT2D eigenvalue weighted by atomic mass is 9.99. The summed E-state index contributed by atoms with van der Waals surface area (Å²) in [6, 6.07) is 8.50. The topological polar surface area (TPSA) is 30.5 Å². The van der Waals surface area contributed by atoms with Crippen LogP contribution in [0.4, 0.5) is 0 Å². The molecule has 21 heavy (non-hydrogen) atoms. The molecule has 1 rings (SSSR count). The maximum atomic E-state index is 5.92. The highest BCUT2D eigenvalue weighted by atomic mass is 16.5. The average Bonchev–Trinajstić information content (AvgIpc) is 2.50. The molecule has 1 aromatic carbocycles. The van der Waals surface area contributed by atoms with Crippen molar-refractivity contribution in [1.82, 2.24) is 5.32 Å². The summed E-state index contributed by atoms with van der Waals surface area (Å²) in [4.78, 5) is 0. The molecule has 120 valence electrons. The van der Waals surface area contributed by atoms with Gasteiger partial charge in [-0.2, -0.15) is 0 Å². The predicted molar refractivity (Wildman–Crippen MR) is 89.2 cm³/mol. The van der Waals surface area contributed by atoms with Crippen LogP contribution < -0.4 is 10.1 Å². The molecule has 1 N–H and O–H groups in total. The molecule has 3 heteroatoms. The molecule has 0 aliphatic carbocycles. The van der Waals surface area contributed by atoms with Crippen LogP contribution in [-0.2, 0) is 4.74 Å². The molecule has 2 unspecified atom stereocenters. The molecule has 0 spiro atoms. The zero-order valence-electron chi connectivity index (χ0n) is 14.0. The van der Waals surface area contributed by atoms with Crippen LogP contribution in [0.5, 0.6) is 5.75 Å². The second kappa shape index (κ2) is 10.6. The molecule has 2 atom stereocenters. The highest BCUT2D eigenvalue weighted by molar-refractivity contribution is 5.29. The van der Waals surface area contributed by atoms with Crippen LogP contribution >= 0.6 is 0 Å². The summed E-state index contributed by atoms with van der Waals surface area (Å²) >= 11 is 0. The lowest BCUT2D eigenvalue weighted by Crippen LogP contribution is -2.30. The first-order chi connectivity index (χ1) is 10.2. The van der Waals surface area contributed by atoms with Crippen LogP contribution in [0.3, 0.4) is 0 Å². The van der Waals surface area contributed by atoms with E-state index < -0.39 is 0 Å². The Morgan fingerprint density at radius 3 is 2.43 bits per heavy atom. The molecule has 0 fully saturated rings. The van der Waals surface area contributed by atoms with E-state index in [0.29, 0.717) is 5.92 Å². The van der Waals surface area contributed by atoms with Gasteiger partial charge in [-0.3, -0.25) is 0 Å². The largest absolute Gasteiger partial charge is 0.489 e. The van der Waals surface area contributed by atoms with Gasteiger partial charge < -0.3 is 14.8 Å². The maximum absolute atomic E-state index is 5.92. The summed E-state index contributed by atoms with van der Waals surface area (Å²) in [5, 5.41) is 3.40. The number of nitrogens with one attached hydrogen (secondary N) is 1. The Hall–Kier alpha value is -1.06. The van der Waals surface area contributed by atoms with Crippen molar-refractivity contribution >= 4 is 0 Å². The van der Waals surface area contributed by atoms with Crippen molar-refractivity contribution in [3.05, 3.63) is 29.8 Å². The fraction of sp³-hybridized carbons (Fsp3) is 0.667. The molecule has 0 amide bonds. The van der Waals surface area contributed by atoms with Crippen LogP contribution in [-0.4, -0.2) is 32.4 Å². The Morgan fingerprint density at radius 1 is 1.10 bits per heavy atom. The number of ether oxygens (including phenoxy) is 2. The summed E-state index contributed by atoms with van der Waals surface area (Å²) in [6.07, 6.45) is 2.39. The fourth-order valence-corrected chi connectivity index (χ4v) is 2.13. The Bertz CT molecular complexity index is 364. The third-order valence-corrected chi connectivity index (χ3v) is 3.68. The number of hydrogen-bond acceptors (Lipinski definition) is 3. The highest BCUT2D eigenvalue weighted by Crippen LogP contribution is 2.21. The van der Waals surface area contributed by atoms with Gasteiger partial charge >= 0.3 is 0 Å². The first-order valence-corrected chi connectivity index (χ1v) is 8.22. The fourth-order valence-electron chi connectivity index (χ4n) is 2.13. The van der Waals surface area contributed by atoms with Gasteiger partial charge in [0, 0.05) is 19.8 Å². The van der Waals surface area contributed by atoms with E-state index in [4.69, 9.17) is 9.47 Å². The highest BCUT2D eigenvalue weighted by Gasteiger charge is 2.06. The van der Waals surface area contributed by atoms with Crippen molar-refractivity contribution in [3.8, 4) is 5.75 Å². The maximum Gasteiger partial charge on any atom is 0.119 e. The SMILES string of the molecule is CCOCCCNCC(C)Oc1ccc(C(C)CC)cc1. The van der Waals surface area contributed by atoms with E-state index in [-0.39, 0.29) is 6.10 Å². The molecular formula is C18H31NO2. The van der Waals surface area contributed by atoms with Crippen molar-refractivity contribution in [2.24, 2.45) is 0 Å². The summed E-state index contributed by atoms with van der Waals surface area (Å²) in [7, 11) is 0. The monoisotopic (exact) mass is 293 g/mol. The summed E-state index contributed by atoms with van der Waals surface area (Å²) < 4.78 is 11.2. The predicted octanol–water partition coefficient (Wildman–Crippen LogP) is 3.98. The Labute approximate surface area is 130 Å². The Kier molecular flexibility index (Phi) is 9.11. The molecule has 0 aliphatic heterocycles. The number of benzene rings is 1. The molecule has 0 aromatic heterocycles. The quantitative estimate of drug-likeness (QED) is 0.626. The first kappa shape index (κ1) is 18.0. The molecule has 0 heterocycles.